The third-order valence-electron chi connectivity index (χ3n) is 5.44. The molecule has 27 heavy (non-hydrogen) atoms. The van der Waals surface area contributed by atoms with Gasteiger partial charge in [-0.05, 0) is 48.1 Å². The average molecular weight is 361 g/mol. The summed E-state index contributed by atoms with van der Waals surface area (Å²) in [7, 11) is 1.57. The number of aromatic nitrogens is 2. The van der Waals surface area contributed by atoms with E-state index in [9.17, 15) is 9.59 Å². The molecule has 138 valence electrons. The second-order valence-corrected chi connectivity index (χ2v) is 7.44. The van der Waals surface area contributed by atoms with Crippen LogP contribution < -0.4 is 5.32 Å². The summed E-state index contributed by atoms with van der Waals surface area (Å²) in [6.07, 6.45) is 4.14. The zero-order valence-electron chi connectivity index (χ0n) is 15.6. The van der Waals surface area contributed by atoms with E-state index in [1.165, 1.54) is 0 Å². The number of benzene rings is 1. The Morgan fingerprint density at radius 1 is 1.26 bits per heavy atom. The Balaban J connectivity index is 1.68. The van der Waals surface area contributed by atoms with Crippen molar-refractivity contribution in [2.75, 3.05) is 7.05 Å². The molecule has 3 aromatic rings. The van der Waals surface area contributed by atoms with Gasteiger partial charge in [0.15, 0.2) is 5.78 Å². The van der Waals surface area contributed by atoms with Gasteiger partial charge in [-0.25, -0.2) is 4.98 Å². The van der Waals surface area contributed by atoms with Crippen LogP contribution in [0.5, 0.6) is 0 Å². The number of H-pyrrole nitrogens is 1. The van der Waals surface area contributed by atoms with E-state index in [1.807, 2.05) is 30.5 Å². The molecular formula is C22H23N3O2. The molecule has 1 aliphatic rings. The normalized spacial score (nSPS) is 18.4. The van der Waals surface area contributed by atoms with Crippen LogP contribution in [0.3, 0.4) is 0 Å². The van der Waals surface area contributed by atoms with Crippen LogP contribution in [0.2, 0.25) is 0 Å². The Bertz CT molecular complexity index is 1020. The molecule has 0 spiro atoms. The molecule has 5 nitrogen and oxygen atoms in total. The minimum Gasteiger partial charge on any atom is -0.361 e. The molecule has 1 fully saturated rings. The standard InChI is InChI=1S/C22H23N3O2/c1-13-8-15(13)12-21(26)16-10-17(25-20(11-16)22(27)23-2)9-14-4-3-5-19-18(14)6-7-24-19/h3-7,10-11,13,15,24H,8-9,12H2,1-2H3,(H,23,27)/t13-,15+/m0/s1. The summed E-state index contributed by atoms with van der Waals surface area (Å²) in [6, 6.07) is 11.6. The van der Waals surface area contributed by atoms with Gasteiger partial charge in [0.1, 0.15) is 5.69 Å². The molecule has 0 bridgehead atoms. The number of ketones is 1. The van der Waals surface area contributed by atoms with E-state index < -0.39 is 0 Å². The molecule has 0 unspecified atom stereocenters. The highest BCUT2D eigenvalue weighted by Crippen LogP contribution is 2.41. The Hall–Kier alpha value is -2.95. The zero-order valence-corrected chi connectivity index (χ0v) is 15.6. The SMILES string of the molecule is CNC(=O)c1cc(C(=O)C[C@H]2C[C@@H]2C)cc(Cc2cccc3[nH]ccc23)n1. The van der Waals surface area contributed by atoms with Crippen LogP contribution in [0, 0.1) is 11.8 Å². The molecule has 5 heteroatoms. The molecule has 0 saturated heterocycles. The zero-order chi connectivity index (χ0) is 19.0. The molecule has 1 aromatic carbocycles. The van der Waals surface area contributed by atoms with E-state index in [2.05, 4.69) is 28.3 Å². The molecule has 2 N–H and O–H groups in total. The van der Waals surface area contributed by atoms with Gasteiger partial charge in [0, 0.05) is 48.2 Å². The first-order valence-corrected chi connectivity index (χ1v) is 9.36. The van der Waals surface area contributed by atoms with Crippen molar-refractivity contribution >= 4 is 22.6 Å². The number of nitrogens with zero attached hydrogens (tertiary/aromatic N) is 1. The minimum absolute atomic E-state index is 0.0954. The molecule has 1 saturated carbocycles. The van der Waals surface area contributed by atoms with Crippen molar-refractivity contribution in [3.8, 4) is 0 Å². The smallest absolute Gasteiger partial charge is 0.269 e. The Kier molecular flexibility index (Phi) is 4.52. The van der Waals surface area contributed by atoms with Gasteiger partial charge in [0.25, 0.3) is 5.91 Å². The summed E-state index contributed by atoms with van der Waals surface area (Å²) >= 11 is 0. The van der Waals surface area contributed by atoms with Crippen molar-refractivity contribution in [2.24, 2.45) is 11.8 Å². The maximum Gasteiger partial charge on any atom is 0.269 e. The molecule has 1 aliphatic carbocycles. The van der Waals surface area contributed by atoms with Crippen LogP contribution in [-0.4, -0.2) is 28.7 Å². The lowest BCUT2D eigenvalue weighted by atomic mass is 10.00. The molecule has 2 heterocycles. The maximum absolute atomic E-state index is 12.7. The number of pyridine rings is 1. The highest BCUT2D eigenvalue weighted by molar-refractivity contribution is 6.00. The number of nitrogens with one attached hydrogen (secondary N) is 2. The van der Waals surface area contributed by atoms with Gasteiger partial charge in [-0.3, -0.25) is 9.59 Å². The summed E-state index contributed by atoms with van der Waals surface area (Å²) in [5, 5.41) is 3.74. The number of hydrogen-bond donors (Lipinski definition) is 2. The second kappa shape index (κ2) is 6.99. The first-order valence-electron chi connectivity index (χ1n) is 9.36. The van der Waals surface area contributed by atoms with Crippen molar-refractivity contribution in [2.45, 2.75) is 26.2 Å². The van der Waals surface area contributed by atoms with Crippen LogP contribution in [0.1, 0.15) is 51.9 Å². The summed E-state index contributed by atoms with van der Waals surface area (Å²) in [4.78, 5) is 32.6. The molecule has 0 radical (unpaired) electrons. The van der Waals surface area contributed by atoms with Crippen molar-refractivity contribution in [3.63, 3.8) is 0 Å². The van der Waals surface area contributed by atoms with Crippen LogP contribution in [0.4, 0.5) is 0 Å². The molecular weight excluding hydrogens is 338 g/mol. The summed E-state index contributed by atoms with van der Waals surface area (Å²) < 4.78 is 0. The topological polar surface area (TPSA) is 74.8 Å². The lowest BCUT2D eigenvalue weighted by Gasteiger charge is -2.09. The molecule has 2 aromatic heterocycles. The number of rotatable bonds is 6. The Labute approximate surface area is 158 Å². The highest BCUT2D eigenvalue weighted by Gasteiger charge is 2.34. The lowest BCUT2D eigenvalue weighted by molar-refractivity contribution is 0.0958. The summed E-state index contributed by atoms with van der Waals surface area (Å²) in [5.41, 5.74) is 3.79. The molecule has 2 atom stereocenters. The van der Waals surface area contributed by atoms with Gasteiger partial charge in [0.2, 0.25) is 0 Å². The summed E-state index contributed by atoms with van der Waals surface area (Å²) in [6.45, 7) is 2.17. The maximum atomic E-state index is 12.7. The molecule has 4 rings (SSSR count). The Morgan fingerprint density at radius 2 is 2.07 bits per heavy atom. The van der Waals surface area contributed by atoms with Crippen molar-refractivity contribution in [3.05, 3.63) is 65.1 Å². The quantitative estimate of drug-likeness (QED) is 0.657. The first kappa shape index (κ1) is 17.5. The van der Waals surface area contributed by atoms with E-state index in [0.29, 0.717) is 35.9 Å². The van der Waals surface area contributed by atoms with Gasteiger partial charge in [-0.15, -0.1) is 0 Å². The van der Waals surface area contributed by atoms with E-state index >= 15 is 0 Å². The van der Waals surface area contributed by atoms with Gasteiger partial charge < -0.3 is 10.3 Å². The van der Waals surface area contributed by atoms with Crippen molar-refractivity contribution in [1.29, 1.82) is 0 Å². The number of fused-ring (bicyclic) bond motifs is 1. The van der Waals surface area contributed by atoms with E-state index in [1.54, 1.807) is 13.1 Å². The van der Waals surface area contributed by atoms with Gasteiger partial charge in [0.05, 0.1) is 0 Å². The Morgan fingerprint density at radius 3 is 2.81 bits per heavy atom. The first-order chi connectivity index (χ1) is 13.0. The van der Waals surface area contributed by atoms with E-state index in [4.69, 9.17) is 0 Å². The number of hydrogen-bond acceptors (Lipinski definition) is 3. The number of aromatic amines is 1. The lowest BCUT2D eigenvalue weighted by Crippen LogP contribution is -2.20. The van der Waals surface area contributed by atoms with Crippen LogP contribution >= 0.6 is 0 Å². The van der Waals surface area contributed by atoms with Crippen LogP contribution in [0.25, 0.3) is 10.9 Å². The monoisotopic (exact) mass is 361 g/mol. The number of carbonyl (C=O) groups is 2. The average Bonchev–Trinajstić information content (AvgIpc) is 3.16. The van der Waals surface area contributed by atoms with Gasteiger partial charge in [-0.2, -0.15) is 0 Å². The van der Waals surface area contributed by atoms with Crippen molar-refractivity contribution in [1.82, 2.24) is 15.3 Å². The van der Waals surface area contributed by atoms with Crippen molar-refractivity contribution < 1.29 is 9.59 Å². The second-order valence-electron chi connectivity index (χ2n) is 7.44. The highest BCUT2D eigenvalue weighted by atomic mass is 16.1. The van der Waals surface area contributed by atoms with Gasteiger partial charge in [-0.1, -0.05) is 19.1 Å². The van der Waals surface area contributed by atoms with E-state index in [0.717, 1.165) is 28.6 Å². The minimum atomic E-state index is -0.273. The number of carbonyl (C=O) groups excluding carboxylic acids is 2. The fraction of sp³-hybridized carbons (Fsp3) is 0.318. The molecule has 0 aliphatic heterocycles. The fourth-order valence-corrected chi connectivity index (χ4v) is 3.62. The third kappa shape index (κ3) is 3.63. The predicted molar refractivity (Wildman–Crippen MR) is 105 cm³/mol. The third-order valence-corrected chi connectivity index (χ3v) is 5.44. The largest absolute Gasteiger partial charge is 0.361 e. The summed E-state index contributed by atoms with van der Waals surface area (Å²) in [5.74, 6) is 0.926. The van der Waals surface area contributed by atoms with Gasteiger partial charge >= 0.3 is 0 Å². The fourth-order valence-electron chi connectivity index (χ4n) is 3.62. The van der Waals surface area contributed by atoms with E-state index in [-0.39, 0.29) is 11.7 Å². The van der Waals surface area contributed by atoms with Crippen LogP contribution in [0.15, 0.2) is 42.6 Å². The van der Waals surface area contributed by atoms with Crippen LogP contribution in [-0.2, 0) is 6.42 Å². The number of Topliss-reactive ketones (excluding diaryl/α,β-unsaturated/α-hetero) is 1. The predicted octanol–water partition coefficient (Wildman–Crippen LogP) is 3.74. The number of amides is 1. The molecule has 1 amide bonds.